The number of para-hydroxylation sites is 1. The Hall–Kier alpha value is -0.580. The van der Waals surface area contributed by atoms with E-state index in [2.05, 4.69) is 20.9 Å². The molecule has 2 aromatic rings. The summed E-state index contributed by atoms with van der Waals surface area (Å²) in [6.45, 7) is 0. The summed E-state index contributed by atoms with van der Waals surface area (Å²) in [5, 5.41) is 1.16. The third-order valence-corrected chi connectivity index (χ3v) is 3.16. The minimum absolute atomic E-state index is 0.574. The highest BCUT2D eigenvalue weighted by molar-refractivity contribution is 9.11. The van der Waals surface area contributed by atoms with E-state index in [1.54, 1.807) is 18.3 Å². The van der Waals surface area contributed by atoms with Crippen molar-refractivity contribution >= 4 is 38.9 Å². The summed E-state index contributed by atoms with van der Waals surface area (Å²) in [6, 6.07) is 7.30. The van der Waals surface area contributed by atoms with Crippen LogP contribution < -0.4 is 4.74 Å². The maximum Gasteiger partial charge on any atom is 0.279 e. The molecule has 2 rings (SSSR count). The molecule has 0 bridgehead atoms. The largest absolute Gasteiger partial charge is 0.429 e. The van der Waals surface area contributed by atoms with Crippen molar-refractivity contribution in [2.24, 2.45) is 0 Å². The average Bonchev–Trinajstić information content (AvgIpc) is 2.56. The molecule has 0 unspecified atom stereocenters. The second kappa shape index (κ2) is 4.29. The van der Waals surface area contributed by atoms with Crippen LogP contribution in [0.2, 0.25) is 5.02 Å². The number of hydrogen-bond donors (Lipinski definition) is 0. The maximum atomic E-state index is 5.92. The fraction of sp³-hybridized carbons (Fsp3) is 0. The number of halogens is 2. The quantitative estimate of drug-likeness (QED) is 0.820. The maximum absolute atomic E-state index is 5.92. The van der Waals surface area contributed by atoms with Gasteiger partial charge in [0.15, 0.2) is 0 Å². The molecule has 14 heavy (non-hydrogen) atoms. The Bertz CT molecular complexity index is 446. The van der Waals surface area contributed by atoms with Gasteiger partial charge in [0.1, 0.15) is 5.75 Å². The molecule has 0 aliphatic carbocycles. The van der Waals surface area contributed by atoms with Crippen molar-refractivity contribution < 1.29 is 4.74 Å². The van der Waals surface area contributed by atoms with Crippen LogP contribution >= 0.6 is 38.9 Å². The highest BCUT2D eigenvalue weighted by Crippen LogP contribution is 2.32. The third kappa shape index (κ3) is 2.26. The van der Waals surface area contributed by atoms with Gasteiger partial charge in [-0.15, -0.1) is 0 Å². The summed E-state index contributed by atoms with van der Waals surface area (Å²) < 4.78 is 6.41. The van der Waals surface area contributed by atoms with Gasteiger partial charge in [-0.2, -0.15) is 0 Å². The topological polar surface area (TPSA) is 22.1 Å². The van der Waals surface area contributed by atoms with E-state index in [4.69, 9.17) is 16.3 Å². The molecule has 0 saturated carbocycles. The van der Waals surface area contributed by atoms with Gasteiger partial charge in [0.25, 0.3) is 5.19 Å². The normalized spacial score (nSPS) is 10.1. The zero-order chi connectivity index (χ0) is 9.97. The van der Waals surface area contributed by atoms with Crippen LogP contribution in [0.25, 0.3) is 0 Å². The van der Waals surface area contributed by atoms with Crippen LogP contribution in [0.3, 0.4) is 0 Å². The van der Waals surface area contributed by atoms with Crippen molar-refractivity contribution in [3.8, 4) is 10.9 Å². The Morgan fingerprint density at radius 1 is 1.36 bits per heavy atom. The van der Waals surface area contributed by atoms with E-state index in [0.717, 1.165) is 3.79 Å². The fourth-order valence-electron chi connectivity index (χ4n) is 0.908. The molecule has 0 fully saturated rings. The molecule has 0 aliphatic rings. The average molecular weight is 291 g/mol. The van der Waals surface area contributed by atoms with Gasteiger partial charge in [-0.1, -0.05) is 35.1 Å². The zero-order valence-electron chi connectivity index (χ0n) is 6.91. The summed E-state index contributed by atoms with van der Waals surface area (Å²) in [7, 11) is 0. The molecule has 0 saturated heterocycles. The van der Waals surface area contributed by atoms with Crippen molar-refractivity contribution in [1.82, 2.24) is 4.98 Å². The lowest BCUT2D eigenvalue weighted by Crippen LogP contribution is -1.82. The number of hydrogen-bond acceptors (Lipinski definition) is 3. The van der Waals surface area contributed by atoms with Gasteiger partial charge >= 0.3 is 0 Å². The van der Waals surface area contributed by atoms with Crippen LogP contribution in [0.15, 0.2) is 34.2 Å². The first-order valence-corrected chi connectivity index (χ1v) is 5.78. The van der Waals surface area contributed by atoms with Gasteiger partial charge in [0.2, 0.25) is 0 Å². The Kier molecular flexibility index (Phi) is 3.05. The first-order valence-electron chi connectivity index (χ1n) is 3.79. The molecule has 0 N–H and O–H groups in total. The van der Waals surface area contributed by atoms with E-state index >= 15 is 0 Å². The van der Waals surface area contributed by atoms with Crippen molar-refractivity contribution in [2.75, 3.05) is 0 Å². The van der Waals surface area contributed by atoms with Gasteiger partial charge in [0, 0.05) is 0 Å². The van der Waals surface area contributed by atoms with Crippen LogP contribution in [0.4, 0.5) is 0 Å². The Labute approximate surface area is 98.6 Å². The predicted octanol–water partition coefficient (Wildman–Crippen LogP) is 4.35. The van der Waals surface area contributed by atoms with Crippen molar-refractivity contribution in [3.63, 3.8) is 0 Å². The van der Waals surface area contributed by atoms with E-state index < -0.39 is 0 Å². The molecule has 0 aliphatic heterocycles. The van der Waals surface area contributed by atoms with Crippen LogP contribution in [-0.4, -0.2) is 4.98 Å². The summed E-state index contributed by atoms with van der Waals surface area (Å²) in [6.07, 6.45) is 1.69. The Morgan fingerprint density at radius 3 is 2.79 bits per heavy atom. The van der Waals surface area contributed by atoms with Crippen molar-refractivity contribution in [3.05, 3.63) is 39.3 Å². The van der Waals surface area contributed by atoms with E-state index in [-0.39, 0.29) is 0 Å². The van der Waals surface area contributed by atoms with E-state index in [1.165, 1.54) is 11.3 Å². The molecule has 0 atom stereocenters. The van der Waals surface area contributed by atoms with Crippen LogP contribution in [0.5, 0.6) is 10.9 Å². The lowest BCUT2D eigenvalue weighted by Gasteiger charge is -2.02. The van der Waals surface area contributed by atoms with Crippen LogP contribution in [0, 0.1) is 0 Å². The van der Waals surface area contributed by atoms with E-state index in [1.807, 2.05) is 12.1 Å². The monoisotopic (exact) mass is 289 g/mol. The fourth-order valence-corrected chi connectivity index (χ4v) is 2.11. The minimum atomic E-state index is 0.574. The molecule has 1 heterocycles. The van der Waals surface area contributed by atoms with Gasteiger partial charge < -0.3 is 4.74 Å². The third-order valence-electron chi connectivity index (χ3n) is 1.49. The second-order valence-corrected chi connectivity index (χ2v) is 5.24. The molecular formula is C9H5BrClNOS. The molecule has 72 valence electrons. The first-order chi connectivity index (χ1) is 6.75. The highest BCUT2D eigenvalue weighted by Gasteiger charge is 2.04. The number of rotatable bonds is 2. The second-order valence-electron chi connectivity index (χ2n) is 2.46. The molecule has 2 nitrogen and oxygen atoms in total. The standard InChI is InChI=1S/C9H5BrClNOS/c10-8-5-12-9(14-8)13-7-4-2-1-3-6(7)11/h1-5H. The predicted molar refractivity (Wildman–Crippen MR) is 61.3 cm³/mol. The Balaban J connectivity index is 2.23. The minimum Gasteiger partial charge on any atom is -0.429 e. The van der Waals surface area contributed by atoms with Crippen LogP contribution in [0.1, 0.15) is 0 Å². The number of benzene rings is 1. The van der Waals surface area contributed by atoms with Crippen molar-refractivity contribution in [1.29, 1.82) is 0 Å². The van der Waals surface area contributed by atoms with Gasteiger partial charge in [-0.3, -0.25) is 0 Å². The number of aromatic nitrogens is 1. The molecule has 5 heteroatoms. The Morgan fingerprint density at radius 2 is 2.14 bits per heavy atom. The summed E-state index contributed by atoms with van der Waals surface area (Å²) >= 11 is 10.6. The lowest BCUT2D eigenvalue weighted by atomic mass is 10.3. The molecular weight excluding hydrogens is 286 g/mol. The SMILES string of the molecule is Clc1ccccc1Oc1ncc(Br)s1. The van der Waals surface area contributed by atoms with Gasteiger partial charge in [-0.25, -0.2) is 4.98 Å². The summed E-state index contributed by atoms with van der Waals surface area (Å²) in [5.74, 6) is 0.621. The molecule has 0 radical (unpaired) electrons. The van der Waals surface area contributed by atoms with Gasteiger partial charge in [-0.05, 0) is 28.1 Å². The molecule has 1 aromatic heterocycles. The molecule has 1 aromatic carbocycles. The number of thiazole rings is 1. The highest BCUT2D eigenvalue weighted by atomic mass is 79.9. The zero-order valence-corrected chi connectivity index (χ0v) is 10.1. The van der Waals surface area contributed by atoms with Crippen molar-refractivity contribution in [2.45, 2.75) is 0 Å². The van der Waals surface area contributed by atoms with E-state index in [0.29, 0.717) is 16.0 Å². The van der Waals surface area contributed by atoms with Gasteiger partial charge in [0.05, 0.1) is 15.0 Å². The summed E-state index contributed by atoms with van der Waals surface area (Å²) in [5.41, 5.74) is 0. The molecule has 0 spiro atoms. The lowest BCUT2D eigenvalue weighted by molar-refractivity contribution is 0.479. The summed E-state index contributed by atoms with van der Waals surface area (Å²) in [4.78, 5) is 4.04. The van der Waals surface area contributed by atoms with Crippen LogP contribution in [-0.2, 0) is 0 Å². The smallest absolute Gasteiger partial charge is 0.279 e. The number of nitrogens with zero attached hydrogens (tertiary/aromatic N) is 1. The number of ether oxygens (including phenoxy) is 1. The van der Waals surface area contributed by atoms with E-state index in [9.17, 15) is 0 Å². The molecule has 0 amide bonds. The first kappa shape index (κ1) is 9.96.